The number of hydrogen-bond acceptors (Lipinski definition) is 25. The molecule has 0 radical (unpaired) electrons. The molecule has 0 saturated carbocycles. The van der Waals surface area contributed by atoms with Crippen LogP contribution in [0.2, 0.25) is 0 Å². The molecule has 2 aliphatic heterocycles. The number of aromatic nitrogens is 4. The van der Waals surface area contributed by atoms with Gasteiger partial charge in [-0.05, 0) is 127 Å². The van der Waals surface area contributed by atoms with Gasteiger partial charge in [-0.2, -0.15) is 9.97 Å². The summed E-state index contributed by atoms with van der Waals surface area (Å²) in [4.78, 5) is 156. The van der Waals surface area contributed by atoms with Crippen molar-refractivity contribution in [3.63, 3.8) is 0 Å². The van der Waals surface area contributed by atoms with Gasteiger partial charge in [-0.15, -0.1) is 0 Å². The molecule has 0 aliphatic carbocycles. The van der Waals surface area contributed by atoms with Crippen molar-refractivity contribution in [1.82, 2.24) is 57.2 Å². The van der Waals surface area contributed by atoms with Crippen molar-refractivity contribution in [2.24, 2.45) is 17.5 Å². The Bertz CT molecular complexity index is 4130. The minimum atomic E-state index is -2.09. The Labute approximate surface area is 634 Å². The van der Waals surface area contributed by atoms with Gasteiger partial charge in [0.05, 0.1) is 68.1 Å². The summed E-state index contributed by atoms with van der Waals surface area (Å²) in [6, 6.07) is 4.68. The number of aromatic hydroxyl groups is 1. The van der Waals surface area contributed by atoms with Gasteiger partial charge in [0.25, 0.3) is 11.8 Å². The van der Waals surface area contributed by atoms with E-state index in [-0.39, 0.29) is 110 Å². The molecule has 2 aromatic heterocycles. The second-order valence-electron chi connectivity index (χ2n) is 26.6. The summed E-state index contributed by atoms with van der Waals surface area (Å²) < 4.78 is 11.6. The van der Waals surface area contributed by atoms with Crippen LogP contribution >= 0.6 is 0 Å². The summed E-state index contributed by atoms with van der Waals surface area (Å²) in [5.41, 5.74) is 16.8. The van der Waals surface area contributed by atoms with E-state index in [2.05, 4.69) is 75.5 Å². The number of esters is 1. The normalized spacial score (nSPS) is 18.4. The van der Waals surface area contributed by atoms with E-state index in [9.17, 15) is 83.4 Å². The predicted octanol–water partition coefficient (Wildman–Crippen LogP) is 3.48. The number of ether oxygens (including phenoxy) is 2. The predicted molar refractivity (Wildman–Crippen MR) is 403 cm³/mol. The summed E-state index contributed by atoms with van der Waals surface area (Å²) >= 11 is 0. The summed E-state index contributed by atoms with van der Waals surface area (Å²) in [6.45, 7) is 10.1. The van der Waals surface area contributed by atoms with Gasteiger partial charge in [-0.25, -0.2) is 20.6 Å². The molecular weight excluding hydrogens is 1430 g/mol. The topological polar surface area (TPSA) is 557 Å². The number of hydrazine groups is 1. The number of carboxylic acid groups (broad SMARTS) is 4. The number of nitrogens with two attached hydrogens (primary N) is 3. The van der Waals surface area contributed by atoms with Crippen molar-refractivity contribution in [3.8, 4) is 5.88 Å². The summed E-state index contributed by atoms with van der Waals surface area (Å²) in [6.07, 6.45) is 18.4. The highest BCUT2D eigenvalue weighted by Crippen LogP contribution is 2.29. The Morgan fingerprint density at radius 2 is 1.39 bits per heavy atom. The first-order valence-corrected chi connectivity index (χ1v) is 35.7. The van der Waals surface area contributed by atoms with Crippen LogP contribution in [0.3, 0.4) is 0 Å². The van der Waals surface area contributed by atoms with E-state index in [4.69, 9.17) is 26.8 Å². The molecular formula is C75H98N16O19. The average Bonchev–Trinajstić information content (AvgIpc) is 0.816. The monoisotopic (exact) mass is 1530 g/mol. The van der Waals surface area contributed by atoms with Crippen LogP contribution in [0, 0.1) is 5.92 Å². The Kier molecular flexibility index (Phi) is 34.6. The highest BCUT2D eigenvalue weighted by Gasteiger charge is 2.38. The minimum Gasteiger partial charge on any atom is -0.492 e. The van der Waals surface area contributed by atoms with Gasteiger partial charge in [0.1, 0.15) is 24.2 Å². The number of nitrogens with one attached hydrogen (secondary N) is 8. The van der Waals surface area contributed by atoms with Crippen LogP contribution in [0.5, 0.6) is 5.88 Å². The lowest BCUT2D eigenvalue weighted by Crippen LogP contribution is -2.58. The number of carbonyl (C=O) groups excluding carboxylic acids is 7. The molecule has 11 atom stereocenters. The standard InChI is InChI=1S/C75H98N16O19/c1-6-12-59-45(5)54(34-60(110-59)58(92)18-10-15-42(2)13-9-14-43(3)20-30-53-17-11-19-66(102)109-53)81-38-48(76)41-91(78)52-28-24-46(25-29-52)69(103)79-32-8-7-16-50(33-62(94)95)85-71(105)56(36-64(98)99)87-73(107)57(37-65(100)101)88-72(106)55(35-63(96)97)86-61(93)31-21-44(4)83-70(104)47-22-26-49(27-23-47)80-39-51-40-82-68-67(84-51)74(108)90-75(77)89-68/h6,10-12,14-15,18-20,22-30,40-41,44-45,50,53-60,80-81,92H,7-9,13,16-17,21,31-39,76,78H2,1-5H3,(H,79,103)(H,83,104)(H,85,105)(H,86,93)(H,87,107)(H,88,106)(H,94,95)(H,96,97)(H,98,99)(H,100,101)(H3,77,82,89,90,108)/b12-6+,18-10+,30-20+,42-15+,43-14-,48-41-/t44-,45+,50+,53-,54?,55-,56+,57?,58-,59+,60+/m1/s1. The Morgan fingerprint density at radius 1 is 0.764 bits per heavy atom. The van der Waals surface area contributed by atoms with Crippen molar-refractivity contribution in [1.29, 1.82) is 0 Å². The third-order valence-corrected chi connectivity index (χ3v) is 17.5. The molecule has 1 saturated heterocycles. The first-order chi connectivity index (χ1) is 52.3. The molecule has 4 heterocycles. The van der Waals surface area contributed by atoms with E-state index >= 15 is 0 Å². The zero-order valence-corrected chi connectivity index (χ0v) is 61.7. The number of carboxylic acids is 4. The maximum atomic E-state index is 13.7. The third-order valence-electron chi connectivity index (χ3n) is 17.5. The van der Waals surface area contributed by atoms with Gasteiger partial charge < -0.3 is 94.1 Å². The van der Waals surface area contributed by atoms with E-state index < -0.39 is 133 Å². The van der Waals surface area contributed by atoms with Gasteiger partial charge in [-0.1, -0.05) is 66.7 Å². The van der Waals surface area contributed by atoms with Crippen LogP contribution < -0.4 is 64.9 Å². The van der Waals surface area contributed by atoms with Gasteiger partial charge in [0.15, 0.2) is 11.2 Å². The number of nitrogens with zero attached hydrogens (tertiary/aromatic N) is 5. The van der Waals surface area contributed by atoms with E-state index in [1.165, 1.54) is 35.6 Å². The maximum absolute atomic E-state index is 13.7. The van der Waals surface area contributed by atoms with E-state index in [0.29, 0.717) is 35.6 Å². The lowest BCUT2D eigenvalue weighted by molar-refractivity contribution is -0.144. The number of unbranched alkanes of at least 4 members (excludes halogenated alkanes) is 1. The molecule has 110 heavy (non-hydrogen) atoms. The molecule has 2 aliphatic rings. The number of rotatable bonds is 43. The number of hydrogen-bond donors (Lipinski definition) is 17. The van der Waals surface area contributed by atoms with E-state index in [1.54, 1.807) is 55.5 Å². The lowest BCUT2D eigenvalue weighted by Gasteiger charge is -2.41. The van der Waals surface area contributed by atoms with Gasteiger partial charge >= 0.3 is 29.8 Å². The lowest BCUT2D eigenvalue weighted by atomic mass is 9.86. The van der Waals surface area contributed by atoms with Crippen LogP contribution in [0.25, 0.3) is 11.2 Å². The van der Waals surface area contributed by atoms with Gasteiger partial charge in [0.2, 0.25) is 35.5 Å². The number of amides is 6. The zero-order valence-electron chi connectivity index (χ0n) is 61.7. The fourth-order valence-electron chi connectivity index (χ4n) is 11.6. The number of aliphatic carboxylic acids is 4. The SMILES string of the molecule is C/C=C/[C@@H]1O[C@H]([C@H](O)/C=C/C=C(\C)CC/C=C(C)\C=C\[C@H]2CC=CC(=O)O2)CC(NC/C(N)=C/N(N)c2ccc(C(=O)NCCCC[C@@H](CC(=O)O)NC(=O)[C@H](CC(=O)O)NC(=O)C(CC(=O)O)NC(=O)[C@@H](CC(=O)O)NC(=O)CC[C@@H](C)NC(=O)c3ccc(NCc4cnc5nc(N)nc(O)c5n4)cc3)cc2)[C@@H]1C. The number of carbonyl (C=O) groups is 11. The van der Waals surface area contributed by atoms with Gasteiger partial charge in [0, 0.05) is 84.8 Å². The molecule has 4 aromatic rings. The number of benzene rings is 2. The van der Waals surface area contributed by atoms with Crippen LogP contribution in [0.4, 0.5) is 17.3 Å². The zero-order chi connectivity index (χ0) is 80.6. The summed E-state index contributed by atoms with van der Waals surface area (Å²) in [7, 11) is 0. The summed E-state index contributed by atoms with van der Waals surface area (Å²) in [5.74, 6) is -6.62. The minimum absolute atomic E-state index is 0.0120. The molecule has 20 N–H and O–H groups in total. The smallest absolute Gasteiger partial charge is 0.331 e. The maximum Gasteiger partial charge on any atom is 0.331 e. The number of cyclic esters (lactones) is 1. The molecule has 2 aromatic carbocycles. The molecule has 0 spiro atoms. The van der Waals surface area contributed by atoms with E-state index in [1.807, 2.05) is 57.2 Å². The van der Waals surface area contributed by atoms with Crippen molar-refractivity contribution in [2.45, 2.75) is 185 Å². The molecule has 0 bridgehead atoms. The summed E-state index contributed by atoms with van der Waals surface area (Å²) in [5, 5.41) is 82.4. The average molecular weight is 1530 g/mol. The molecule has 2 unspecified atom stereocenters. The molecule has 1 fully saturated rings. The fraction of sp³-hybridized carbons (Fsp3) is 0.427. The largest absolute Gasteiger partial charge is 0.492 e. The third kappa shape index (κ3) is 30.0. The quantitative estimate of drug-likeness (QED) is 0.00753. The van der Waals surface area contributed by atoms with Crippen LogP contribution in [0.15, 0.2) is 139 Å². The number of aliphatic hydroxyl groups is 1. The van der Waals surface area contributed by atoms with Crippen LogP contribution in [-0.2, 0) is 59.2 Å². The van der Waals surface area contributed by atoms with Crippen molar-refractivity contribution in [2.75, 3.05) is 29.1 Å². The Balaban J connectivity index is 0.926. The van der Waals surface area contributed by atoms with Crippen LogP contribution in [-0.4, -0.2) is 190 Å². The molecule has 592 valence electrons. The first-order valence-electron chi connectivity index (χ1n) is 35.7. The fourth-order valence-corrected chi connectivity index (χ4v) is 11.6. The van der Waals surface area contributed by atoms with Crippen molar-refractivity contribution >= 4 is 93.8 Å². The molecule has 35 heteroatoms. The number of fused-ring (bicyclic) bond motifs is 1. The first kappa shape index (κ1) is 87.0. The molecule has 35 nitrogen and oxygen atoms in total. The number of nitrogen functional groups attached to an aromatic ring is 1. The van der Waals surface area contributed by atoms with E-state index in [0.717, 1.165) is 24.0 Å². The highest BCUT2D eigenvalue weighted by atomic mass is 16.5. The van der Waals surface area contributed by atoms with Crippen LogP contribution in [0.1, 0.15) is 144 Å². The second-order valence-corrected chi connectivity index (χ2v) is 26.6. The number of aliphatic hydroxyl groups excluding tert-OH is 1. The second kappa shape index (κ2) is 43.8. The number of anilines is 3. The molecule has 6 rings (SSSR count). The van der Waals surface area contributed by atoms with Crippen molar-refractivity contribution < 1.29 is 92.9 Å². The van der Waals surface area contributed by atoms with Crippen molar-refractivity contribution in [3.05, 3.63) is 155 Å². The Hall–Kier alpha value is -12.0. The van der Waals surface area contributed by atoms with Gasteiger partial charge in [-0.3, -0.25) is 53.0 Å². The Morgan fingerprint density at radius 3 is 2.03 bits per heavy atom. The molecule has 6 amide bonds. The highest BCUT2D eigenvalue weighted by molar-refractivity contribution is 5.98. The number of allylic oxidation sites excluding steroid dienone is 7.